The van der Waals surface area contributed by atoms with Gasteiger partial charge in [-0.3, -0.25) is 9.52 Å². The first-order chi connectivity index (χ1) is 23.1. The molecule has 1 saturated carbocycles. The molecule has 5 aliphatic rings. The molecule has 7 rings (SSSR count). The lowest BCUT2D eigenvalue weighted by Gasteiger charge is -2.46. The third-order valence-electron chi connectivity index (χ3n) is 10.9. The van der Waals surface area contributed by atoms with Crippen molar-refractivity contribution >= 4 is 27.5 Å². The number of methoxy groups -OCH3 is 1. The fourth-order valence-corrected chi connectivity index (χ4v) is 10.0. The summed E-state index contributed by atoms with van der Waals surface area (Å²) in [6.45, 7) is 7.03. The van der Waals surface area contributed by atoms with Gasteiger partial charge in [-0.1, -0.05) is 42.8 Å². The second-order valence-corrected chi connectivity index (χ2v) is 16.6. The van der Waals surface area contributed by atoms with E-state index < -0.39 is 21.9 Å². The number of nitrogens with one attached hydrogen (secondary N) is 2. The van der Waals surface area contributed by atoms with Crippen molar-refractivity contribution in [3.05, 3.63) is 70.8 Å². The Balaban J connectivity index is 1.28. The molecule has 258 valence electrons. The number of amides is 3. The summed E-state index contributed by atoms with van der Waals surface area (Å²) in [5, 5.41) is 2.77. The zero-order chi connectivity index (χ0) is 33.5. The highest BCUT2D eigenvalue weighted by atomic mass is 32.2. The summed E-state index contributed by atoms with van der Waals surface area (Å²) < 4.78 is 38.9. The quantitative estimate of drug-likeness (QED) is 0.423. The van der Waals surface area contributed by atoms with E-state index in [0.29, 0.717) is 43.6 Å². The van der Waals surface area contributed by atoms with Gasteiger partial charge in [-0.25, -0.2) is 9.00 Å². The minimum absolute atomic E-state index is 0.0307. The average Bonchev–Trinajstić information content (AvgIpc) is 3.16. The van der Waals surface area contributed by atoms with Crippen molar-refractivity contribution in [2.45, 2.75) is 69.9 Å². The van der Waals surface area contributed by atoms with Gasteiger partial charge in [0.25, 0.3) is 5.91 Å². The Morgan fingerprint density at radius 2 is 2.02 bits per heavy atom. The lowest BCUT2D eigenvalue weighted by atomic mass is 9.68. The number of allylic oxidation sites excluding steroid dienone is 1. The summed E-state index contributed by atoms with van der Waals surface area (Å²) in [4.78, 5) is 29.1. The van der Waals surface area contributed by atoms with Crippen molar-refractivity contribution in [3.63, 3.8) is 0 Å². The van der Waals surface area contributed by atoms with Crippen molar-refractivity contribution in [3.8, 4) is 5.75 Å². The molecule has 2 aliphatic carbocycles. The van der Waals surface area contributed by atoms with Crippen LogP contribution in [-0.2, 0) is 31.2 Å². The van der Waals surface area contributed by atoms with Gasteiger partial charge in [0.15, 0.2) is 0 Å². The number of benzene rings is 2. The Labute approximate surface area is 284 Å². The number of aryl methyl sites for hydroxylation is 2. The van der Waals surface area contributed by atoms with Gasteiger partial charge in [0, 0.05) is 31.2 Å². The summed E-state index contributed by atoms with van der Waals surface area (Å²) in [7, 11) is -1.69. The van der Waals surface area contributed by atoms with Crippen LogP contribution in [0.2, 0.25) is 0 Å². The molecule has 10 nitrogen and oxygen atoms in total. The summed E-state index contributed by atoms with van der Waals surface area (Å²) in [5.74, 6) is 0.808. The number of carbonyl (C=O) groups is 2. The van der Waals surface area contributed by atoms with Crippen LogP contribution in [0, 0.1) is 24.7 Å². The van der Waals surface area contributed by atoms with E-state index in [-0.39, 0.29) is 29.2 Å². The highest BCUT2D eigenvalue weighted by Crippen LogP contribution is 2.47. The Bertz CT molecular complexity index is 1720. The van der Waals surface area contributed by atoms with Gasteiger partial charge in [0.1, 0.15) is 15.7 Å². The first-order valence-electron chi connectivity index (χ1n) is 17.4. The van der Waals surface area contributed by atoms with E-state index in [1.165, 1.54) is 16.7 Å². The van der Waals surface area contributed by atoms with E-state index in [9.17, 15) is 13.8 Å². The summed E-state index contributed by atoms with van der Waals surface area (Å²) in [6.07, 6.45) is 10.2. The number of hydrogen-bond acceptors (Lipinski definition) is 7. The van der Waals surface area contributed by atoms with Crippen molar-refractivity contribution in [1.29, 1.82) is 0 Å². The monoisotopic (exact) mass is 676 g/mol. The molecule has 3 amide bonds. The van der Waals surface area contributed by atoms with Crippen LogP contribution in [0.5, 0.6) is 5.75 Å². The standard InChI is InChI=1S/C37H48N4O6S/c1-24-9-13-31-26(16-24)7-5-15-37(31)22-41-18-28-10-12-30(28)33(45-3)8-4-6-25(2)21-48(44,40-36(43)38-29-19-46-20-29)39-35(42)27-11-14-34(47-23-37)32(41)17-27/h4,8-9,11,13-14,16-17,25,28-30,33H,5-7,10,12,15,18-23H2,1-3H3,(H2,38,39,40,42,43,44)/b8-4+/t25-,28-,30+,33-,37-,48?/m0/s1. The van der Waals surface area contributed by atoms with Crippen LogP contribution in [0.25, 0.3) is 0 Å². The van der Waals surface area contributed by atoms with Crippen LogP contribution in [-0.4, -0.2) is 74.1 Å². The predicted octanol–water partition coefficient (Wildman–Crippen LogP) is 5.33. The molecule has 3 heterocycles. The van der Waals surface area contributed by atoms with Gasteiger partial charge in [0.05, 0.1) is 43.4 Å². The van der Waals surface area contributed by atoms with E-state index in [2.05, 4.69) is 56.6 Å². The molecule has 2 aromatic carbocycles. The minimum atomic E-state index is -3.46. The van der Waals surface area contributed by atoms with Gasteiger partial charge in [-0.05, 0) is 92.5 Å². The number of nitrogens with zero attached hydrogens (tertiary/aromatic N) is 2. The lowest BCUT2D eigenvalue weighted by Crippen LogP contribution is -2.53. The average molecular weight is 677 g/mol. The number of urea groups is 1. The van der Waals surface area contributed by atoms with Crippen LogP contribution < -0.4 is 19.7 Å². The molecule has 0 radical (unpaired) electrons. The van der Waals surface area contributed by atoms with E-state index >= 15 is 0 Å². The maximum atomic E-state index is 14.3. The summed E-state index contributed by atoms with van der Waals surface area (Å²) >= 11 is 0. The maximum Gasteiger partial charge on any atom is 0.327 e. The van der Waals surface area contributed by atoms with Crippen LogP contribution >= 0.6 is 0 Å². The molecule has 2 bridgehead atoms. The van der Waals surface area contributed by atoms with Crippen molar-refractivity contribution in [2.24, 2.45) is 22.1 Å². The molecule has 1 spiro atoms. The van der Waals surface area contributed by atoms with Crippen LogP contribution in [0.1, 0.15) is 66.1 Å². The smallest absolute Gasteiger partial charge is 0.327 e. The molecule has 1 unspecified atom stereocenters. The Kier molecular flexibility index (Phi) is 9.30. The molecule has 6 atom stereocenters. The van der Waals surface area contributed by atoms with Crippen LogP contribution in [0.4, 0.5) is 10.5 Å². The van der Waals surface area contributed by atoms with Gasteiger partial charge >= 0.3 is 6.03 Å². The number of rotatable bonds is 3. The highest BCUT2D eigenvalue weighted by Gasteiger charge is 2.44. The third-order valence-corrected chi connectivity index (χ3v) is 12.9. The SMILES string of the molecule is CO[C@H]1/C=C/C[C@H](C)CS(=O)(NC(=O)NC2COC2)=NC(=O)c2ccc3c(c2)N(C[C@@H]2CC[C@H]21)C[C@@]1(CCCc2cc(C)ccc21)CO3. The van der Waals surface area contributed by atoms with Crippen molar-refractivity contribution in [2.75, 3.05) is 50.7 Å². The molecule has 0 aromatic heterocycles. The van der Waals surface area contributed by atoms with Gasteiger partial charge < -0.3 is 24.4 Å². The Morgan fingerprint density at radius 1 is 1.17 bits per heavy atom. The second-order valence-electron chi connectivity index (χ2n) is 14.6. The normalized spacial score (nSPS) is 32.6. The maximum absolute atomic E-state index is 14.3. The highest BCUT2D eigenvalue weighted by molar-refractivity contribution is 7.92. The second kappa shape index (κ2) is 13.5. The molecule has 3 aliphatic heterocycles. The third kappa shape index (κ3) is 6.73. The van der Waals surface area contributed by atoms with Crippen LogP contribution in [0.15, 0.2) is 52.9 Å². The molecular formula is C37H48N4O6S. The zero-order valence-corrected chi connectivity index (χ0v) is 29.1. The van der Waals surface area contributed by atoms with Crippen molar-refractivity contribution in [1.82, 2.24) is 10.0 Å². The zero-order valence-electron chi connectivity index (χ0n) is 28.2. The number of fused-ring (bicyclic) bond motifs is 4. The molecule has 11 heteroatoms. The fraction of sp³-hybridized carbons (Fsp3) is 0.568. The van der Waals surface area contributed by atoms with Gasteiger partial charge in [0.2, 0.25) is 0 Å². The Hall–Kier alpha value is -3.41. The first kappa shape index (κ1) is 33.1. The number of carbonyl (C=O) groups excluding carboxylic acids is 2. The number of ether oxygens (including phenoxy) is 3. The Morgan fingerprint density at radius 3 is 2.77 bits per heavy atom. The van der Waals surface area contributed by atoms with Crippen LogP contribution in [0.3, 0.4) is 0 Å². The van der Waals surface area contributed by atoms with Gasteiger partial charge in [-0.2, -0.15) is 0 Å². The summed E-state index contributed by atoms with van der Waals surface area (Å²) in [6, 6.07) is 11.5. The van der Waals surface area contributed by atoms with E-state index in [1.54, 1.807) is 13.2 Å². The van der Waals surface area contributed by atoms with Crippen molar-refractivity contribution < 1.29 is 28.0 Å². The van der Waals surface area contributed by atoms with E-state index in [1.807, 2.05) is 19.1 Å². The lowest BCUT2D eigenvalue weighted by molar-refractivity contribution is 0.000295. The molecule has 2 fully saturated rings. The van der Waals surface area contributed by atoms with E-state index in [0.717, 1.165) is 56.6 Å². The number of anilines is 1. The van der Waals surface area contributed by atoms with Gasteiger partial charge in [-0.15, -0.1) is 4.36 Å². The fourth-order valence-electron chi connectivity index (χ4n) is 8.21. The molecule has 48 heavy (non-hydrogen) atoms. The first-order valence-corrected chi connectivity index (χ1v) is 19.1. The molecule has 2 aromatic rings. The number of hydrogen-bond donors (Lipinski definition) is 2. The topological polar surface area (TPSA) is 119 Å². The summed E-state index contributed by atoms with van der Waals surface area (Å²) in [5.41, 5.74) is 5.01. The van der Waals surface area contributed by atoms with E-state index in [4.69, 9.17) is 14.2 Å². The largest absolute Gasteiger partial charge is 0.490 e. The molecule has 2 N–H and O–H groups in total. The predicted molar refractivity (Wildman–Crippen MR) is 186 cm³/mol. The molecular weight excluding hydrogens is 628 g/mol. The molecule has 1 saturated heterocycles. The minimum Gasteiger partial charge on any atom is -0.490 e.